The van der Waals surface area contributed by atoms with Gasteiger partial charge < -0.3 is 9.26 Å². The molecule has 3 rings (SSSR count). The van der Waals surface area contributed by atoms with Gasteiger partial charge in [0.1, 0.15) is 5.82 Å². The summed E-state index contributed by atoms with van der Waals surface area (Å²) in [7, 11) is 1.65. The summed E-state index contributed by atoms with van der Waals surface area (Å²) < 4.78 is 23.9. The van der Waals surface area contributed by atoms with Gasteiger partial charge in [-0.15, -0.1) is 0 Å². The van der Waals surface area contributed by atoms with Crippen molar-refractivity contribution in [2.45, 2.75) is 38.3 Å². The van der Waals surface area contributed by atoms with Gasteiger partial charge in [-0.05, 0) is 37.1 Å². The van der Waals surface area contributed by atoms with Gasteiger partial charge in [-0.25, -0.2) is 4.39 Å². The molecule has 0 unspecified atom stereocenters. The number of piperidine rings is 1. The first-order valence-corrected chi connectivity index (χ1v) is 8.06. The molecule has 1 atom stereocenters. The van der Waals surface area contributed by atoms with Crippen LogP contribution in [0.1, 0.15) is 42.6 Å². The number of nitrogens with zero attached hydrogens (tertiary/aromatic N) is 3. The molecule has 0 N–H and O–H groups in total. The van der Waals surface area contributed by atoms with E-state index in [1.54, 1.807) is 19.2 Å². The molecule has 0 saturated carbocycles. The van der Waals surface area contributed by atoms with Crippen LogP contribution >= 0.6 is 0 Å². The van der Waals surface area contributed by atoms with Gasteiger partial charge in [0, 0.05) is 19.6 Å². The fourth-order valence-corrected chi connectivity index (χ4v) is 3.09. The van der Waals surface area contributed by atoms with Gasteiger partial charge in [0.15, 0.2) is 5.82 Å². The quantitative estimate of drug-likeness (QED) is 0.819. The Morgan fingerprint density at radius 3 is 3.13 bits per heavy atom. The molecule has 1 aromatic heterocycles. The lowest BCUT2D eigenvalue weighted by Crippen LogP contribution is -2.33. The van der Waals surface area contributed by atoms with Crippen LogP contribution in [0.25, 0.3) is 0 Å². The lowest BCUT2D eigenvalue weighted by molar-refractivity contribution is 0.123. The van der Waals surface area contributed by atoms with Crippen LogP contribution in [-0.4, -0.2) is 35.3 Å². The summed E-state index contributed by atoms with van der Waals surface area (Å²) in [5, 5.41) is 3.98. The lowest BCUT2D eigenvalue weighted by Gasteiger charge is -2.35. The monoisotopic (exact) mass is 319 g/mol. The van der Waals surface area contributed by atoms with Crippen molar-refractivity contribution >= 4 is 0 Å². The van der Waals surface area contributed by atoms with E-state index in [1.807, 2.05) is 6.07 Å². The van der Waals surface area contributed by atoms with E-state index in [1.165, 1.54) is 6.07 Å². The standard InChI is InChI=1S/C17H22FN3O2/c1-22-10-8-16-19-17(23-20-16)12-21-9-3-2-7-15(21)13-5-4-6-14(18)11-13/h4-6,11,15H,2-3,7-10,12H2,1H3/t15-/m0/s1. The Kier molecular flexibility index (Phi) is 5.35. The van der Waals surface area contributed by atoms with E-state index in [9.17, 15) is 4.39 Å². The second-order valence-electron chi connectivity index (χ2n) is 5.88. The van der Waals surface area contributed by atoms with Crippen LogP contribution in [0.15, 0.2) is 28.8 Å². The van der Waals surface area contributed by atoms with Crippen molar-refractivity contribution in [1.82, 2.24) is 15.0 Å². The van der Waals surface area contributed by atoms with Gasteiger partial charge in [0.05, 0.1) is 13.2 Å². The Balaban J connectivity index is 1.70. The molecule has 1 fully saturated rings. The van der Waals surface area contributed by atoms with Crippen molar-refractivity contribution in [2.24, 2.45) is 0 Å². The van der Waals surface area contributed by atoms with Crippen LogP contribution < -0.4 is 0 Å². The average molecular weight is 319 g/mol. The van der Waals surface area contributed by atoms with E-state index >= 15 is 0 Å². The molecule has 1 aromatic carbocycles. The molecule has 1 aliphatic rings. The molecule has 0 amide bonds. The number of halogens is 1. The predicted octanol–water partition coefficient (Wildman–Crippen LogP) is 3.12. The van der Waals surface area contributed by atoms with E-state index in [0.29, 0.717) is 31.3 Å². The number of rotatable bonds is 6. The summed E-state index contributed by atoms with van der Waals surface area (Å²) in [6.07, 6.45) is 3.96. The number of aromatic nitrogens is 2. The minimum absolute atomic E-state index is 0.187. The van der Waals surface area contributed by atoms with E-state index in [4.69, 9.17) is 9.26 Å². The van der Waals surface area contributed by atoms with Crippen LogP contribution in [0.2, 0.25) is 0 Å². The average Bonchev–Trinajstić information content (AvgIpc) is 3.01. The number of methoxy groups -OCH3 is 1. The highest BCUT2D eigenvalue weighted by molar-refractivity contribution is 5.20. The minimum Gasteiger partial charge on any atom is -0.384 e. The summed E-state index contributed by atoms with van der Waals surface area (Å²) in [6, 6.07) is 7.07. The summed E-state index contributed by atoms with van der Waals surface area (Å²) in [6.45, 7) is 2.13. The van der Waals surface area contributed by atoms with Crippen molar-refractivity contribution in [1.29, 1.82) is 0 Å². The first kappa shape index (κ1) is 16.1. The normalized spacial score (nSPS) is 19.1. The Bertz CT molecular complexity index is 632. The Hall–Kier alpha value is -1.79. The molecule has 2 heterocycles. The third kappa shape index (κ3) is 4.14. The molecular formula is C17H22FN3O2. The highest BCUT2D eigenvalue weighted by Gasteiger charge is 2.26. The maximum Gasteiger partial charge on any atom is 0.240 e. The zero-order chi connectivity index (χ0) is 16.1. The molecule has 5 nitrogen and oxygen atoms in total. The molecule has 0 radical (unpaired) electrons. The number of benzene rings is 1. The highest BCUT2D eigenvalue weighted by Crippen LogP contribution is 2.32. The molecule has 0 aliphatic carbocycles. The second-order valence-corrected chi connectivity index (χ2v) is 5.88. The molecule has 124 valence electrons. The molecular weight excluding hydrogens is 297 g/mol. The van der Waals surface area contributed by atoms with Crippen LogP contribution in [0.3, 0.4) is 0 Å². The smallest absolute Gasteiger partial charge is 0.240 e. The highest BCUT2D eigenvalue weighted by atomic mass is 19.1. The van der Waals surface area contributed by atoms with Gasteiger partial charge in [0.25, 0.3) is 0 Å². The third-order valence-electron chi connectivity index (χ3n) is 4.23. The van der Waals surface area contributed by atoms with Crippen molar-refractivity contribution in [2.75, 3.05) is 20.3 Å². The number of likely N-dealkylation sites (tertiary alicyclic amines) is 1. The van der Waals surface area contributed by atoms with E-state index in [2.05, 4.69) is 15.0 Å². The maximum atomic E-state index is 13.5. The van der Waals surface area contributed by atoms with Gasteiger partial charge in [0.2, 0.25) is 5.89 Å². The first-order chi connectivity index (χ1) is 11.3. The summed E-state index contributed by atoms with van der Waals surface area (Å²) in [5.74, 6) is 1.09. The fourth-order valence-electron chi connectivity index (χ4n) is 3.09. The second kappa shape index (κ2) is 7.66. The predicted molar refractivity (Wildman–Crippen MR) is 83.3 cm³/mol. The van der Waals surface area contributed by atoms with Gasteiger partial charge in [-0.2, -0.15) is 4.98 Å². The van der Waals surface area contributed by atoms with Gasteiger partial charge in [-0.1, -0.05) is 23.7 Å². The molecule has 1 aliphatic heterocycles. The third-order valence-corrected chi connectivity index (χ3v) is 4.23. The number of ether oxygens (including phenoxy) is 1. The first-order valence-electron chi connectivity index (χ1n) is 8.06. The number of hydrogen-bond acceptors (Lipinski definition) is 5. The summed E-state index contributed by atoms with van der Waals surface area (Å²) >= 11 is 0. The maximum absolute atomic E-state index is 13.5. The summed E-state index contributed by atoms with van der Waals surface area (Å²) in [5.41, 5.74) is 1.02. The summed E-state index contributed by atoms with van der Waals surface area (Å²) in [4.78, 5) is 6.71. The van der Waals surface area contributed by atoms with Crippen molar-refractivity contribution in [3.8, 4) is 0 Å². The Morgan fingerprint density at radius 2 is 2.30 bits per heavy atom. The van der Waals surface area contributed by atoms with Crippen LogP contribution in [-0.2, 0) is 17.7 Å². The lowest BCUT2D eigenvalue weighted by atomic mass is 9.95. The number of hydrogen-bond donors (Lipinski definition) is 0. The van der Waals surface area contributed by atoms with E-state index in [0.717, 1.165) is 31.4 Å². The van der Waals surface area contributed by atoms with Crippen molar-refractivity contribution in [3.05, 3.63) is 47.4 Å². The molecule has 2 aromatic rings. The van der Waals surface area contributed by atoms with E-state index < -0.39 is 0 Å². The van der Waals surface area contributed by atoms with Crippen molar-refractivity contribution in [3.63, 3.8) is 0 Å². The van der Waals surface area contributed by atoms with Crippen LogP contribution in [0, 0.1) is 5.82 Å². The zero-order valence-corrected chi connectivity index (χ0v) is 13.4. The van der Waals surface area contributed by atoms with Crippen molar-refractivity contribution < 1.29 is 13.7 Å². The fraction of sp³-hybridized carbons (Fsp3) is 0.529. The van der Waals surface area contributed by atoms with Crippen LogP contribution in [0.5, 0.6) is 0 Å². The van der Waals surface area contributed by atoms with Crippen LogP contribution in [0.4, 0.5) is 4.39 Å². The van der Waals surface area contributed by atoms with Gasteiger partial charge in [-0.3, -0.25) is 4.90 Å². The molecule has 23 heavy (non-hydrogen) atoms. The Labute approximate surface area is 135 Å². The molecule has 0 bridgehead atoms. The minimum atomic E-state index is -0.187. The largest absolute Gasteiger partial charge is 0.384 e. The molecule has 1 saturated heterocycles. The Morgan fingerprint density at radius 1 is 1.39 bits per heavy atom. The van der Waals surface area contributed by atoms with Gasteiger partial charge >= 0.3 is 0 Å². The SMILES string of the molecule is COCCc1noc(CN2CCCC[C@H]2c2cccc(F)c2)n1. The van der Waals surface area contributed by atoms with E-state index in [-0.39, 0.29) is 11.9 Å². The molecule has 0 spiro atoms. The zero-order valence-electron chi connectivity index (χ0n) is 13.4. The topological polar surface area (TPSA) is 51.4 Å². The molecule has 6 heteroatoms.